The lowest BCUT2D eigenvalue weighted by molar-refractivity contribution is 0.102. The van der Waals surface area contributed by atoms with Crippen molar-refractivity contribution >= 4 is 23.4 Å². The number of hydrogen-bond acceptors (Lipinski definition) is 6. The predicted octanol–water partition coefficient (Wildman–Crippen LogP) is 4.22. The van der Waals surface area contributed by atoms with E-state index in [4.69, 9.17) is 4.74 Å². The second kappa shape index (κ2) is 9.23. The first-order valence-electron chi connectivity index (χ1n) is 9.24. The zero-order chi connectivity index (χ0) is 20.8. The van der Waals surface area contributed by atoms with Crippen LogP contribution < -0.4 is 10.1 Å². The van der Waals surface area contributed by atoms with E-state index in [-0.39, 0.29) is 5.91 Å². The standard InChI is InChI=1S/C22H19N5O2S/c1-29-19-11-7-16(8-12-19)22(28)23-17-9-13-20(14-10-17)30-15-21-24-25-26-27(21)18-5-3-2-4-6-18/h2-14H,15H2,1H3,(H,23,28). The van der Waals surface area contributed by atoms with Crippen molar-refractivity contribution < 1.29 is 9.53 Å². The lowest BCUT2D eigenvalue weighted by atomic mass is 10.2. The number of methoxy groups -OCH3 is 1. The summed E-state index contributed by atoms with van der Waals surface area (Å²) < 4.78 is 6.85. The first-order chi connectivity index (χ1) is 14.7. The molecule has 1 heterocycles. The summed E-state index contributed by atoms with van der Waals surface area (Å²) in [6.45, 7) is 0. The number of carbonyl (C=O) groups is 1. The zero-order valence-corrected chi connectivity index (χ0v) is 17.0. The molecule has 7 nitrogen and oxygen atoms in total. The highest BCUT2D eigenvalue weighted by molar-refractivity contribution is 7.98. The van der Waals surface area contributed by atoms with Crippen LogP contribution in [0.15, 0.2) is 83.8 Å². The Kier molecular flexibility index (Phi) is 6.05. The number of rotatable bonds is 7. The molecule has 0 atom stereocenters. The van der Waals surface area contributed by atoms with Crippen molar-refractivity contribution in [3.05, 3.63) is 90.3 Å². The highest BCUT2D eigenvalue weighted by atomic mass is 32.2. The SMILES string of the molecule is COc1ccc(C(=O)Nc2ccc(SCc3nnnn3-c3ccccc3)cc2)cc1. The summed E-state index contributed by atoms with van der Waals surface area (Å²) in [5.41, 5.74) is 2.23. The van der Waals surface area contributed by atoms with Crippen molar-refractivity contribution in [3.63, 3.8) is 0 Å². The first-order valence-corrected chi connectivity index (χ1v) is 10.2. The molecule has 0 aliphatic rings. The molecular weight excluding hydrogens is 398 g/mol. The summed E-state index contributed by atoms with van der Waals surface area (Å²) in [5.74, 6) is 1.94. The van der Waals surface area contributed by atoms with E-state index in [0.717, 1.165) is 22.1 Å². The van der Waals surface area contributed by atoms with E-state index in [2.05, 4.69) is 20.8 Å². The average Bonchev–Trinajstić information content (AvgIpc) is 3.28. The van der Waals surface area contributed by atoms with Gasteiger partial charge < -0.3 is 10.1 Å². The molecule has 4 aromatic rings. The number of benzene rings is 3. The Morgan fingerprint density at radius 1 is 1.00 bits per heavy atom. The molecule has 0 bridgehead atoms. The van der Waals surface area contributed by atoms with Crippen LogP contribution in [0.4, 0.5) is 5.69 Å². The van der Waals surface area contributed by atoms with E-state index in [0.29, 0.717) is 17.1 Å². The van der Waals surface area contributed by atoms with Crippen molar-refractivity contribution in [3.8, 4) is 11.4 Å². The van der Waals surface area contributed by atoms with E-state index in [1.54, 1.807) is 47.8 Å². The van der Waals surface area contributed by atoms with Crippen LogP contribution in [0.1, 0.15) is 16.2 Å². The number of carbonyl (C=O) groups excluding carboxylic acids is 1. The topological polar surface area (TPSA) is 81.9 Å². The van der Waals surface area contributed by atoms with E-state index < -0.39 is 0 Å². The highest BCUT2D eigenvalue weighted by Crippen LogP contribution is 2.24. The molecule has 0 spiro atoms. The van der Waals surface area contributed by atoms with Crippen LogP contribution in [0.5, 0.6) is 5.75 Å². The number of nitrogens with one attached hydrogen (secondary N) is 1. The van der Waals surface area contributed by atoms with E-state index in [1.165, 1.54) is 0 Å². The van der Waals surface area contributed by atoms with Crippen LogP contribution >= 0.6 is 11.8 Å². The number of para-hydroxylation sites is 1. The van der Waals surface area contributed by atoms with Gasteiger partial charge in [0.05, 0.1) is 18.6 Å². The largest absolute Gasteiger partial charge is 0.497 e. The first kappa shape index (κ1) is 19.7. The van der Waals surface area contributed by atoms with E-state index in [9.17, 15) is 4.79 Å². The zero-order valence-electron chi connectivity index (χ0n) is 16.2. The van der Waals surface area contributed by atoms with Gasteiger partial charge in [-0.1, -0.05) is 18.2 Å². The van der Waals surface area contributed by atoms with Gasteiger partial charge in [-0.25, -0.2) is 0 Å². The number of hydrogen-bond donors (Lipinski definition) is 1. The fraction of sp³-hybridized carbons (Fsp3) is 0.0909. The van der Waals surface area contributed by atoms with Crippen molar-refractivity contribution in [1.29, 1.82) is 0 Å². The van der Waals surface area contributed by atoms with Gasteiger partial charge in [0.15, 0.2) is 5.82 Å². The second-order valence-electron chi connectivity index (χ2n) is 6.34. The summed E-state index contributed by atoms with van der Waals surface area (Å²) in [6, 6.07) is 24.5. The molecule has 1 aromatic heterocycles. The van der Waals surface area contributed by atoms with Crippen LogP contribution in [0, 0.1) is 0 Å². The second-order valence-corrected chi connectivity index (χ2v) is 7.39. The van der Waals surface area contributed by atoms with Crippen LogP contribution in [0.2, 0.25) is 0 Å². The molecule has 0 saturated heterocycles. The molecule has 0 aliphatic carbocycles. The Morgan fingerprint density at radius 3 is 2.43 bits per heavy atom. The molecule has 0 unspecified atom stereocenters. The number of tetrazole rings is 1. The number of aromatic nitrogens is 4. The molecule has 30 heavy (non-hydrogen) atoms. The van der Waals surface area contributed by atoms with Crippen LogP contribution in [-0.4, -0.2) is 33.2 Å². The van der Waals surface area contributed by atoms with Gasteiger partial charge in [0, 0.05) is 16.1 Å². The number of anilines is 1. The minimum atomic E-state index is -0.167. The highest BCUT2D eigenvalue weighted by Gasteiger charge is 2.09. The lowest BCUT2D eigenvalue weighted by Gasteiger charge is -2.08. The van der Waals surface area contributed by atoms with E-state index >= 15 is 0 Å². The minimum absolute atomic E-state index is 0.167. The molecule has 150 valence electrons. The maximum atomic E-state index is 12.4. The molecule has 0 radical (unpaired) electrons. The third-order valence-corrected chi connectivity index (χ3v) is 5.38. The molecular formula is C22H19N5O2S. The number of amides is 1. The van der Waals surface area contributed by atoms with Crippen LogP contribution in [-0.2, 0) is 5.75 Å². The molecule has 4 rings (SSSR count). The van der Waals surface area contributed by atoms with Crippen molar-refractivity contribution in [2.45, 2.75) is 10.6 Å². The minimum Gasteiger partial charge on any atom is -0.497 e. The normalized spacial score (nSPS) is 10.6. The summed E-state index contributed by atoms with van der Waals surface area (Å²) >= 11 is 1.63. The predicted molar refractivity (Wildman–Crippen MR) is 116 cm³/mol. The monoisotopic (exact) mass is 417 g/mol. The molecule has 0 aliphatic heterocycles. The third-order valence-electron chi connectivity index (χ3n) is 4.37. The average molecular weight is 417 g/mol. The maximum absolute atomic E-state index is 12.4. The number of ether oxygens (including phenoxy) is 1. The molecule has 1 amide bonds. The van der Waals surface area contributed by atoms with Crippen LogP contribution in [0.25, 0.3) is 5.69 Å². The lowest BCUT2D eigenvalue weighted by Crippen LogP contribution is -2.11. The van der Waals surface area contributed by atoms with Crippen molar-refractivity contribution in [2.24, 2.45) is 0 Å². The van der Waals surface area contributed by atoms with Crippen molar-refractivity contribution in [2.75, 3.05) is 12.4 Å². The molecule has 1 N–H and O–H groups in total. The Bertz CT molecular complexity index is 1110. The number of nitrogens with zero attached hydrogens (tertiary/aromatic N) is 4. The van der Waals surface area contributed by atoms with Gasteiger partial charge in [-0.3, -0.25) is 4.79 Å². The van der Waals surface area contributed by atoms with Crippen molar-refractivity contribution in [1.82, 2.24) is 20.2 Å². The Balaban J connectivity index is 1.36. The quantitative estimate of drug-likeness (QED) is 0.454. The third kappa shape index (κ3) is 4.66. The Morgan fingerprint density at radius 2 is 1.73 bits per heavy atom. The summed E-state index contributed by atoms with van der Waals surface area (Å²) in [6.07, 6.45) is 0. The molecule has 3 aromatic carbocycles. The van der Waals surface area contributed by atoms with Gasteiger partial charge in [-0.2, -0.15) is 4.68 Å². The van der Waals surface area contributed by atoms with Gasteiger partial charge in [-0.05, 0) is 71.1 Å². The fourth-order valence-electron chi connectivity index (χ4n) is 2.79. The maximum Gasteiger partial charge on any atom is 0.255 e. The van der Waals surface area contributed by atoms with E-state index in [1.807, 2.05) is 54.6 Å². The van der Waals surface area contributed by atoms with Gasteiger partial charge in [0.2, 0.25) is 0 Å². The number of thioether (sulfide) groups is 1. The van der Waals surface area contributed by atoms with Gasteiger partial charge in [-0.15, -0.1) is 16.9 Å². The van der Waals surface area contributed by atoms with Gasteiger partial charge in [0.1, 0.15) is 5.75 Å². The van der Waals surface area contributed by atoms with Gasteiger partial charge >= 0.3 is 0 Å². The smallest absolute Gasteiger partial charge is 0.255 e. The molecule has 0 fully saturated rings. The Hall–Kier alpha value is -3.65. The van der Waals surface area contributed by atoms with Crippen LogP contribution in [0.3, 0.4) is 0 Å². The molecule has 8 heteroatoms. The molecule has 0 saturated carbocycles. The summed E-state index contributed by atoms with van der Waals surface area (Å²) in [5, 5.41) is 14.9. The fourth-order valence-corrected chi connectivity index (χ4v) is 3.60. The Labute approximate surface area is 178 Å². The van der Waals surface area contributed by atoms with Gasteiger partial charge in [0.25, 0.3) is 5.91 Å². The summed E-state index contributed by atoms with van der Waals surface area (Å²) in [7, 11) is 1.59. The summed E-state index contributed by atoms with van der Waals surface area (Å²) in [4.78, 5) is 13.4.